The Kier molecular flexibility index (Phi) is 5.46. The van der Waals surface area contributed by atoms with Crippen LogP contribution < -0.4 is 0 Å². The molecule has 33 heavy (non-hydrogen) atoms. The number of aliphatic carboxylic acids is 1. The number of aromatic nitrogens is 4. The Hall–Kier alpha value is -3.52. The van der Waals surface area contributed by atoms with Crippen LogP contribution in [0.15, 0.2) is 41.1 Å². The molecule has 2 aromatic carbocycles. The predicted octanol–water partition coefficient (Wildman–Crippen LogP) is 4.48. The van der Waals surface area contributed by atoms with Gasteiger partial charge < -0.3 is 9.63 Å². The van der Waals surface area contributed by atoms with Crippen LogP contribution in [0.3, 0.4) is 0 Å². The standard InChI is InChI=1S/C25H27N5O3/c1-15(2)30-22-7-5-17(12-19(22)13-26-30)25-27-24(28-33-25)21-6-4-18-14-29(11-9-23(31)32)10-8-20(18)16(21)3/h4-7,12-13,15H,8-11,14H2,1-3H3,(H,31,32). The molecule has 0 aliphatic carbocycles. The molecule has 8 heteroatoms. The largest absolute Gasteiger partial charge is 0.481 e. The third kappa shape index (κ3) is 4.02. The van der Waals surface area contributed by atoms with Crippen LogP contribution in [0.25, 0.3) is 33.7 Å². The number of carbonyl (C=O) groups is 1. The molecule has 0 atom stereocenters. The van der Waals surface area contributed by atoms with Gasteiger partial charge in [-0.05, 0) is 62.1 Å². The van der Waals surface area contributed by atoms with Gasteiger partial charge in [-0.15, -0.1) is 0 Å². The molecule has 3 heterocycles. The molecular formula is C25H27N5O3. The van der Waals surface area contributed by atoms with E-state index in [1.54, 1.807) is 0 Å². The summed E-state index contributed by atoms with van der Waals surface area (Å²) < 4.78 is 7.62. The van der Waals surface area contributed by atoms with Crippen LogP contribution in [0.1, 0.15) is 43.0 Å². The third-order valence-corrected chi connectivity index (χ3v) is 6.41. The molecule has 1 aliphatic rings. The number of benzene rings is 2. The van der Waals surface area contributed by atoms with Crippen molar-refractivity contribution < 1.29 is 14.4 Å². The molecular weight excluding hydrogens is 418 g/mol. The molecule has 0 saturated carbocycles. The van der Waals surface area contributed by atoms with Crippen LogP contribution in [0.4, 0.5) is 0 Å². The Labute approximate surface area is 191 Å². The van der Waals surface area contributed by atoms with Crippen LogP contribution in [0.2, 0.25) is 0 Å². The van der Waals surface area contributed by atoms with Crippen molar-refractivity contribution in [3.63, 3.8) is 0 Å². The number of hydrogen-bond acceptors (Lipinski definition) is 6. The highest BCUT2D eigenvalue weighted by Crippen LogP contribution is 2.32. The summed E-state index contributed by atoms with van der Waals surface area (Å²) in [7, 11) is 0. The van der Waals surface area contributed by atoms with Gasteiger partial charge in [0.15, 0.2) is 0 Å². The molecule has 0 saturated heterocycles. The second kappa shape index (κ2) is 8.44. The Morgan fingerprint density at radius 2 is 2.09 bits per heavy atom. The van der Waals surface area contributed by atoms with Gasteiger partial charge in [0.2, 0.25) is 5.82 Å². The zero-order chi connectivity index (χ0) is 23.1. The summed E-state index contributed by atoms with van der Waals surface area (Å²) in [6.45, 7) is 8.52. The van der Waals surface area contributed by atoms with Crippen LogP contribution in [0, 0.1) is 6.92 Å². The van der Waals surface area contributed by atoms with Gasteiger partial charge in [-0.25, -0.2) is 0 Å². The van der Waals surface area contributed by atoms with Gasteiger partial charge in [0, 0.05) is 42.2 Å². The first-order valence-electron chi connectivity index (χ1n) is 11.3. The summed E-state index contributed by atoms with van der Waals surface area (Å²) in [5.41, 5.74) is 6.62. The summed E-state index contributed by atoms with van der Waals surface area (Å²) in [6, 6.07) is 10.5. The van der Waals surface area contributed by atoms with Crippen molar-refractivity contribution in [1.82, 2.24) is 24.8 Å². The maximum atomic E-state index is 10.9. The van der Waals surface area contributed by atoms with Crippen molar-refractivity contribution in [1.29, 1.82) is 0 Å². The molecule has 1 N–H and O–H groups in total. The van der Waals surface area contributed by atoms with Crippen molar-refractivity contribution in [3.8, 4) is 22.8 Å². The Bertz CT molecular complexity index is 1340. The molecule has 0 amide bonds. The summed E-state index contributed by atoms with van der Waals surface area (Å²) in [6.07, 6.45) is 2.92. The second-order valence-electron chi connectivity index (χ2n) is 8.93. The molecule has 0 bridgehead atoms. The summed E-state index contributed by atoms with van der Waals surface area (Å²) >= 11 is 0. The van der Waals surface area contributed by atoms with Gasteiger partial charge in [0.1, 0.15) is 0 Å². The molecule has 0 spiro atoms. The summed E-state index contributed by atoms with van der Waals surface area (Å²) in [4.78, 5) is 17.8. The van der Waals surface area contributed by atoms with E-state index in [4.69, 9.17) is 14.6 Å². The number of rotatable bonds is 6. The fraction of sp³-hybridized carbons (Fsp3) is 0.360. The fourth-order valence-electron chi connectivity index (χ4n) is 4.63. The molecule has 0 unspecified atom stereocenters. The van der Waals surface area contributed by atoms with E-state index < -0.39 is 5.97 Å². The zero-order valence-corrected chi connectivity index (χ0v) is 19.1. The van der Waals surface area contributed by atoms with Crippen molar-refractivity contribution >= 4 is 16.9 Å². The highest BCUT2D eigenvalue weighted by atomic mass is 16.5. The molecule has 8 nitrogen and oxygen atoms in total. The number of carboxylic acid groups (broad SMARTS) is 1. The normalized spacial score (nSPS) is 14.2. The quantitative estimate of drug-likeness (QED) is 0.467. The topological polar surface area (TPSA) is 97.3 Å². The van der Waals surface area contributed by atoms with E-state index in [0.29, 0.717) is 24.3 Å². The lowest BCUT2D eigenvalue weighted by Crippen LogP contribution is -2.32. The Morgan fingerprint density at radius 3 is 2.88 bits per heavy atom. The lowest BCUT2D eigenvalue weighted by atomic mass is 9.91. The maximum absolute atomic E-state index is 10.9. The number of fused-ring (bicyclic) bond motifs is 2. The number of hydrogen-bond donors (Lipinski definition) is 1. The number of nitrogens with zero attached hydrogens (tertiary/aromatic N) is 5. The Balaban J connectivity index is 1.40. The third-order valence-electron chi connectivity index (χ3n) is 6.41. The highest BCUT2D eigenvalue weighted by Gasteiger charge is 2.22. The SMILES string of the molecule is Cc1c(-c2noc(-c3ccc4c(cnn4C(C)C)c3)n2)ccc2c1CCN(CCC(=O)O)C2. The van der Waals surface area contributed by atoms with Crippen molar-refractivity contribution in [2.24, 2.45) is 0 Å². The van der Waals surface area contributed by atoms with Crippen LogP contribution in [-0.4, -0.2) is 49.0 Å². The van der Waals surface area contributed by atoms with E-state index >= 15 is 0 Å². The molecule has 4 aromatic rings. The van der Waals surface area contributed by atoms with Gasteiger partial charge in [0.05, 0.1) is 18.1 Å². The predicted molar refractivity (Wildman–Crippen MR) is 125 cm³/mol. The minimum atomic E-state index is -0.756. The maximum Gasteiger partial charge on any atom is 0.304 e. The van der Waals surface area contributed by atoms with Crippen molar-refractivity contribution in [3.05, 3.63) is 53.2 Å². The van der Waals surface area contributed by atoms with E-state index in [-0.39, 0.29) is 6.42 Å². The van der Waals surface area contributed by atoms with E-state index in [0.717, 1.165) is 47.1 Å². The van der Waals surface area contributed by atoms with E-state index in [1.165, 1.54) is 11.1 Å². The number of carboxylic acids is 1. The van der Waals surface area contributed by atoms with Gasteiger partial charge in [-0.1, -0.05) is 17.3 Å². The van der Waals surface area contributed by atoms with E-state index in [2.05, 4.69) is 42.0 Å². The fourth-order valence-corrected chi connectivity index (χ4v) is 4.63. The molecule has 0 radical (unpaired) electrons. The highest BCUT2D eigenvalue weighted by molar-refractivity contribution is 5.83. The van der Waals surface area contributed by atoms with Gasteiger partial charge in [0.25, 0.3) is 5.89 Å². The smallest absolute Gasteiger partial charge is 0.304 e. The van der Waals surface area contributed by atoms with E-state index in [1.807, 2.05) is 35.1 Å². The van der Waals surface area contributed by atoms with Gasteiger partial charge >= 0.3 is 5.97 Å². The lowest BCUT2D eigenvalue weighted by Gasteiger charge is -2.29. The first-order chi connectivity index (χ1) is 15.9. The second-order valence-corrected chi connectivity index (χ2v) is 8.93. The van der Waals surface area contributed by atoms with Crippen molar-refractivity contribution in [2.45, 2.75) is 46.2 Å². The minimum absolute atomic E-state index is 0.169. The van der Waals surface area contributed by atoms with Crippen LogP contribution in [-0.2, 0) is 17.8 Å². The van der Waals surface area contributed by atoms with Gasteiger partial charge in [-0.3, -0.25) is 14.4 Å². The lowest BCUT2D eigenvalue weighted by molar-refractivity contribution is -0.137. The molecule has 5 rings (SSSR count). The van der Waals surface area contributed by atoms with Crippen molar-refractivity contribution in [2.75, 3.05) is 13.1 Å². The van der Waals surface area contributed by atoms with Crippen LogP contribution in [0.5, 0.6) is 0 Å². The molecule has 2 aromatic heterocycles. The average Bonchev–Trinajstić information content (AvgIpc) is 3.45. The van der Waals surface area contributed by atoms with Gasteiger partial charge in [-0.2, -0.15) is 10.1 Å². The summed E-state index contributed by atoms with van der Waals surface area (Å²) in [5, 5.41) is 18.7. The zero-order valence-electron chi connectivity index (χ0n) is 19.1. The summed E-state index contributed by atoms with van der Waals surface area (Å²) in [5.74, 6) is 0.311. The van der Waals surface area contributed by atoms with Crippen LogP contribution >= 0.6 is 0 Å². The Morgan fingerprint density at radius 1 is 1.24 bits per heavy atom. The minimum Gasteiger partial charge on any atom is -0.481 e. The first-order valence-corrected chi connectivity index (χ1v) is 11.3. The molecule has 170 valence electrons. The van der Waals surface area contributed by atoms with E-state index in [9.17, 15) is 4.79 Å². The average molecular weight is 446 g/mol. The molecule has 0 fully saturated rings. The monoisotopic (exact) mass is 445 g/mol. The first kappa shape index (κ1) is 21.3. The molecule has 1 aliphatic heterocycles.